The summed E-state index contributed by atoms with van der Waals surface area (Å²) in [4.78, 5) is 17.1. The second kappa shape index (κ2) is 6.94. The molecule has 0 radical (unpaired) electrons. The largest absolute Gasteiger partial charge is 0.385 e. The number of nitrogens with one attached hydrogen (secondary N) is 1. The minimum Gasteiger partial charge on any atom is -0.385 e. The van der Waals surface area contributed by atoms with E-state index in [-0.39, 0.29) is 11.9 Å². The first-order valence-electron chi connectivity index (χ1n) is 7.87. The second-order valence-corrected chi connectivity index (χ2v) is 6.02. The first-order chi connectivity index (χ1) is 10.0. The minimum atomic E-state index is 0.156. The molecule has 1 aliphatic heterocycles. The highest BCUT2D eigenvalue weighted by Crippen LogP contribution is 2.19. The third-order valence-corrected chi connectivity index (χ3v) is 4.15. The molecule has 1 N–H and O–H groups in total. The Balaban J connectivity index is 2.17. The van der Waals surface area contributed by atoms with E-state index in [1.807, 2.05) is 23.1 Å². The van der Waals surface area contributed by atoms with Crippen molar-refractivity contribution in [2.75, 3.05) is 38.5 Å². The predicted molar refractivity (Wildman–Crippen MR) is 88.0 cm³/mol. The smallest absolute Gasteiger partial charge is 0.254 e. The Kier molecular flexibility index (Phi) is 5.23. The topological polar surface area (TPSA) is 35.6 Å². The van der Waals surface area contributed by atoms with E-state index in [2.05, 4.69) is 38.0 Å². The maximum absolute atomic E-state index is 12.8. The van der Waals surface area contributed by atoms with Gasteiger partial charge in [0.25, 0.3) is 5.91 Å². The number of nitrogens with zero attached hydrogens (tertiary/aromatic N) is 2. The van der Waals surface area contributed by atoms with E-state index < -0.39 is 0 Å². The first-order valence-corrected chi connectivity index (χ1v) is 7.87. The van der Waals surface area contributed by atoms with Crippen molar-refractivity contribution < 1.29 is 4.79 Å². The molecule has 1 unspecified atom stereocenters. The van der Waals surface area contributed by atoms with E-state index in [9.17, 15) is 4.79 Å². The van der Waals surface area contributed by atoms with Crippen LogP contribution in [0.3, 0.4) is 0 Å². The van der Waals surface area contributed by atoms with Gasteiger partial charge in [-0.15, -0.1) is 0 Å². The molecule has 1 atom stereocenters. The summed E-state index contributed by atoms with van der Waals surface area (Å²) in [6, 6.07) is 6.22. The molecule has 0 bridgehead atoms. The fourth-order valence-electron chi connectivity index (χ4n) is 3.03. The van der Waals surface area contributed by atoms with Crippen molar-refractivity contribution in [2.24, 2.45) is 0 Å². The van der Waals surface area contributed by atoms with Crippen molar-refractivity contribution in [1.29, 1.82) is 0 Å². The first kappa shape index (κ1) is 15.8. The van der Waals surface area contributed by atoms with E-state index in [0.29, 0.717) is 0 Å². The molecule has 0 aliphatic carbocycles. The van der Waals surface area contributed by atoms with E-state index in [1.165, 1.54) is 0 Å². The fraction of sp³-hybridized carbons (Fsp3) is 0.588. The van der Waals surface area contributed by atoms with Crippen molar-refractivity contribution >= 4 is 11.6 Å². The van der Waals surface area contributed by atoms with Crippen molar-refractivity contribution in [3.05, 3.63) is 29.3 Å². The number of carbonyl (C=O) groups is 1. The van der Waals surface area contributed by atoms with Crippen LogP contribution in [0, 0.1) is 6.92 Å². The second-order valence-electron chi connectivity index (χ2n) is 6.02. The lowest BCUT2D eigenvalue weighted by molar-refractivity contribution is 0.0696. The number of amides is 1. The number of hydrogen-bond donors (Lipinski definition) is 1. The van der Waals surface area contributed by atoms with Gasteiger partial charge in [-0.05, 0) is 64.5 Å². The maximum atomic E-state index is 12.8. The van der Waals surface area contributed by atoms with Crippen LogP contribution in [0.25, 0.3) is 0 Å². The van der Waals surface area contributed by atoms with Gasteiger partial charge in [0, 0.05) is 36.9 Å². The van der Waals surface area contributed by atoms with Crippen LogP contribution in [-0.2, 0) is 0 Å². The van der Waals surface area contributed by atoms with Crippen molar-refractivity contribution in [2.45, 2.75) is 33.2 Å². The zero-order valence-electron chi connectivity index (χ0n) is 13.6. The molecule has 1 saturated heterocycles. The summed E-state index contributed by atoms with van der Waals surface area (Å²) >= 11 is 0. The average molecular weight is 289 g/mol. The van der Waals surface area contributed by atoms with Gasteiger partial charge in [0.05, 0.1) is 0 Å². The third kappa shape index (κ3) is 3.76. The van der Waals surface area contributed by atoms with Gasteiger partial charge >= 0.3 is 0 Å². The van der Waals surface area contributed by atoms with Crippen molar-refractivity contribution in [3.8, 4) is 0 Å². The summed E-state index contributed by atoms with van der Waals surface area (Å²) in [7, 11) is 2.12. The molecule has 1 amide bonds. The molecule has 1 aliphatic rings. The van der Waals surface area contributed by atoms with Crippen LogP contribution in [-0.4, -0.2) is 55.0 Å². The van der Waals surface area contributed by atoms with Gasteiger partial charge in [-0.2, -0.15) is 0 Å². The van der Waals surface area contributed by atoms with E-state index >= 15 is 0 Å². The predicted octanol–water partition coefficient (Wildman–Crippen LogP) is 2.59. The molecular weight excluding hydrogens is 262 g/mol. The molecular formula is C17H27N3O. The molecule has 1 fully saturated rings. The Morgan fingerprint density at radius 3 is 2.81 bits per heavy atom. The fourth-order valence-corrected chi connectivity index (χ4v) is 3.03. The summed E-state index contributed by atoms with van der Waals surface area (Å²) in [5.74, 6) is 0.156. The van der Waals surface area contributed by atoms with E-state index in [4.69, 9.17) is 0 Å². The Bertz CT molecular complexity index is 501. The summed E-state index contributed by atoms with van der Waals surface area (Å²) in [6.45, 7) is 10.0. The summed E-state index contributed by atoms with van der Waals surface area (Å²) in [6.07, 6.45) is 1.04. The number of carbonyl (C=O) groups excluding carboxylic acids is 1. The molecule has 116 valence electrons. The molecule has 0 spiro atoms. The molecule has 0 saturated carbocycles. The van der Waals surface area contributed by atoms with Crippen molar-refractivity contribution in [3.63, 3.8) is 0 Å². The maximum Gasteiger partial charge on any atom is 0.254 e. The zero-order valence-corrected chi connectivity index (χ0v) is 13.6. The van der Waals surface area contributed by atoms with Crippen LogP contribution in [0.5, 0.6) is 0 Å². The monoisotopic (exact) mass is 289 g/mol. The highest BCUT2D eigenvalue weighted by molar-refractivity contribution is 5.95. The third-order valence-electron chi connectivity index (χ3n) is 4.15. The molecule has 4 heteroatoms. The Hall–Kier alpha value is -1.55. The lowest BCUT2D eigenvalue weighted by Crippen LogP contribution is -2.42. The Morgan fingerprint density at radius 1 is 1.38 bits per heavy atom. The highest BCUT2D eigenvalue weighted by atomic mass is 16.2. The molecule has 2 rings (SSSR count). The normalized spacial score (nSPS) is 20.2. The van der Waals surface area contributed by atoms with Gasteiger partial charge in [-0.3, -0.25) is 4.79 Å². The van der Waals surface area contributed by atoms with Crippen LogP contribution < -0.4 is 5.32 Å². The lowest BCUT2D eigenvalue weighted by atomic mass is 10.1. The Labute approximate surface area is 128 Å². The van der Waals surface area contributed by atoms with Gasteiger partial charge in [-0.25, -0.2) is 0 Å². The van der Waals surface area contributed by atoms with Crippen LogP contribution in [0.2, 0.25) is 0 Å². The van der Waals surface area contributed by atoms with E-state index in [0.717, 1.165) is 49.4 Å². The molecule has 21 heavy (non-hydrogen) atoms. The molecule has 0 aromatic heterocycles. The highest BCUT2D eigenvalue weighted by Gasteiger charge is 2.25. The molecule has 1 aromatic carbocycles. The number of hydrogen-bond acceptors (Lipinski definition) is 3. The van der Waals surface area contributed by atoms with Crippen LogP contribution in [0.1, 0.15) is 36.2 Å². The number of rotatable bonds is 3. The van der Waals surface area contributed by atoms with Gasteiger partial charge < -0.3 is 15.1 Å². The number of anilines is 1. The zero-order chi connectivity index (χ0) is 15.4. The van der Waals surface area contributed by atoms with Gasteiger partial charge in [0.1, 0.15) is 0 Å². The van der Waals surface area contributed by atoms with Gasteiger partial charge in [0.15, 0.2) is 0 Å². The van der Waals surface area contributed by atoms with Crippen LogP contribution in [0.15, 0.2) is 18.2 Å². The number of aryl methyl sites for hydroxylation is 1. The lowest BCUT2D eigenvalue weighted by Gasteiger charge is -2.28. The number of likely N-dealkylation sites (N-methyl/N-ethyl adjacent to an activating group) is 1. The van der Waals surface area contributed by atoms with Crippen LogP contribution >= 0.6 is 0 Å². The number of benzene rings is 1. The average Bonchev–Trinajstić information content (AvgIpc) is 2.61. The Morgan fingerprint density at radius 2 is 2.14 bits per heavy atom. The SMILES string of the molecule is CCNc1ccc(C(=O)N2CCCN(C)CC2C)cc1C. The summed E-state index contributed by atoms with van der Waals surface area (Å²) in [5, 5.41) is 3.31. The van der Waals surface area contributed by atoms with Crippen molar-refractivity contribution in [1.82, 2.24) is 9.80 Å². The van der Waals surface area contributed by atoms with E-state index in [1.54, 1.807) is 0 Å². The quantitative estimate of drug-likeness (QED) is 0.929. The molecule has 4 nitrogen and oxygen atoms in total. The van der Waals surface area contributed by atoms with Gasteiger partial charge in [0.2, 0.25) is 0 Å². The van der Waals surface area contributed by atoms with Gasteiger partial charge in [-0.1, -0.05) is 0 Å². The summed E-state index contributed by atoms with van der Waals surface area (Å²) < 4.78 is 0. The standard InChI is InChI=1S/C17H27N3O/c1-5-18-16-8-7-15(11-13(16)2)17(21)20-10-6-9-19(4)12-14(20)3/h7-8,11,14,18H,5-6,9-10,12H2,1-4H3. The van der Waals surface area contributed by atoms with Crippen LogP contribution in [0.4, 0.5) is 5.69 Å². The minimum absolute atomic E-state index is 0.156. The summed E-state index contributed by atoms with van der Waals surface area (Å²) in [5.41, 5.74) is 3.03. The molecule has 1 heterocycles. The molecule has 1 aromatic rings.